The first kappa shape index (κ1) is 15.6. The number of aromatic nitrogens is 1. The van der Waals surface area contributed by atoms with Gasteiger partial charge in [0.15, 0.2) is 0 Å². The van der Waals surface area contributed by atoms with Crippen molar-refractivity contribution in [1.29, 1.82) is 0 Å². The van der Waals surface area contributed by atoms with Crippen LogP contribution in [0.25, 0.3) is 0 Å². The Kier molecular flexibility index (Phi) is 4.70. The Bertz CT molecular complexity index is 497. The number of pyridine rings is 1. The average molecular weight is 292 g/mol. The molecule has 1 aromatic rings. The van der Waals surface area contributed by atoms with E-state index in [1.54, 1.807) is 11.1 Å². The van der Waals surface area contributed by atoms with Gasteiger partial charge in [0.05, 0.1) is 12.6 Å². The molecule has 5 nitrogen and oxygen atoms in total. The highest BCUT2D eigenvalue weighted by atomic mass is 16.6. The number of carbonyl (C=O) groups excluding carboxylic acids is 1. The summed E-state index contributed by atoms with van der Waals surface area (Å²) < 4.78 is 11.1. The minimum atomic E-state index is -0.484. The van der Waals surface area contributed by atoms with Crippen LogP contribution in [-0.4, -0.2) is 34.7 Å². The van der Waals surface area contributed by atoms with Crippen molar-refractivity contribution in [3.05, 3.63) is 23.9 Å². The quantitative estimate of drug-likeness (QED) is 0.855. The molecule has 21 heavy (non-hydrogen) atoms. The topological polar surface area (TPSA) is 51.7 Å². The molecule has 0 aromatic carbocycles. The van der Waals surface area contributed by atoms with Crippen molar-refractivity contribution in [1.82, 2.24) is 9.88 Å². The molecule has 1 fully saturated rings. The molecule has 5 heteroatoms. The zero-order valence-electron chi connectivity index (χ0n) is 13.3. The third-order valence-corrected chi connectivity index (χ3v) is 3.32. The summed E-state index contributed by atoms with van der Waals surface area (Å²) in [5.74, 6) is 0.612. The zero-order chi connectivity index (χ0) is 15.5. The molecule has 0 saturated carbocycles. The van der Waals surface area contributed by atoms with Gasteiger partial charge in [-0.1, -0.05) is 6.07 Å². The first-order valence-electron chi connectivity index (χ1n) is 7.49. The minimum Gasteiger partial charge on any atom is -0.478 e. The molecule has 116 valence electrons. The highest BCUT2D eigenvalue weighted by molar-refractivity contribution is 5.69. The van der Waals surface area contributed by atoms with Gasteiger partial charge in [-0.15, -0.1) is 0 Å². The van der Waals surface area contributed by atoms with Crippen molar-refractivity contribution in [3.8, 4) is 5.88 Å². The Labute approximate surface area is 126 Å². The van der Waals surface area contributed by atoms with Crippen LogP contribution in [-0.2, 0) is 4.74 Å². The van der Waals surface area contributed by atoms with E-state index in [9.17, 15) is 4.79 Å². The Morgan fingerprint density at radius 1 is 1.48 bits per heavy atom. The number of ether oxygens (including phenoxy) is 2. The molecule has 0 spiro atoms. The molecular weight excluding hydrogens is 268 g/mol. The summed E-state index contributed by atoms with van der Waals surface area (Å²) >= 11 is 0. The summed E-state index contributed by atoms with van der Waals surface area (Å²) in [6.07, 6.45) is 3.31. The molecule has 0 unspecified atom stereocenters. The largest absolute Gasteiger partial charge is 0.478 e. The molecule has 1 aliphatic heterocycles. The number of amides is 1. The molecule has 1 amide bonds. The smallest absolute Gasteiger partial charge is 0.410 e. The molecular formula is C16H24N2O3. The minimum absolute atomic E-state index is 0.0184. The second kappa shape index (κ2) is 6.33. The maximum absolute atomic E-state index is 12.4. The maximum atomic E-state index is 12.4. The van der Waals surface area contributed by atoms with Crippen LogP contribution in [0, 0.1) is 0 Å². The van der Waals surface area contributed by atoms with Gasteiger partial charge in [-0.3, -0.25) is 0 Å². The van der Waals surface area contributed by atoms with Crippen molar-refractivity contribution in [2.75, 3.05) is 13.2 Å². The number of carbonyl (C=O) groups is 1. The van der Waals surface area contributed by atoms with E-state index < -0.39 is 5.60 Å². The van der Waals surface area contributed by atoms with Gasteiger partial charge in [-0.25, -0.2) is 9.78 Å². The van der Waals surface area contributed by atoms with Gasteiger partial charge in [0, 0.05) is 18.3 Å². The van der Waals surface area contributed by atoms with Crippen LogP contribution in [0.4, 0.5) is 4.79 Å². The second-order valence-corrected chi connectivity index (χ2v) is 6.16. The maximum Gasteiger partial charge on any atom is 0.410 e. The standard InChI is InChI=1S/C16H24N2O3/c1-5-20-14-12(8-6-10-17-14)13-9-7-11-18(13)15(19)21-16(2,3)4/h6,8,10,13H,5,7,9,11H2,1-4H3/t13-/m0/s1. The Morgan fingerprint density at radius 3 is 2.90 bits per heavy atom. The van der Waals surface area contributed by atoms with E-state index in [4.69, 9.17) is 9.47 Å². The highest BCUT2D eigenvalue weighted by Crippen LogP contribution is 2.36. The first-order chi connectivity index (χ1) is 9.92. The lowest BCUT2D eigenvalue weighted by molar-refractivity contribution is 0.0222. The molecule has 0 aliphatic carbocycles. The molecule has 1 atom stereocenters. The van der Waals surface area contributed by atoms with Gasteiger partial charge >= 0.3 is 6.09 Å². The molecule has 1 saturated heterocycles. The highest BCUT2D eigenvalue weighted by Gasteiger charge is 2.34. The zero-order valence-corrected chi connectivity index (χ0v) is 13.3. The van der Waals surface area contributed by atoms with Gasteiger partial charge < -0.3 is 14.4 Å². The van der Waals surface area contributed by atoms with Crippen molar-refractivity contribution in [2.45, 2.75) is 52.2 Å². The van der Waals surface area contributed by atoms with Gasteiger partial charge in [0.2, 0.25) is 5.88 Å². The Hall–Kier alpha value is -1.78. The van der Waals surface area contributed by atoms with Crippen LogP contribution in [0.1, 0.15) is 52.1 Å². The lowest BCUT2D eigenvalue weighted by Gasteiger charge is -2.29. The van der Waals surface area contributed by atoms with Crippen molar-refractivity contribution < 1.29 is 14.3 Å². The lowest BCUT2D eigenvalue weighted by atomic mass is 10.1. The molecule has 1 aromatic heterocycles. The van der Waals surface area contributed by atoms with Gasteiger partial charge in [0.25, 0.3) is 0 Å². The first-order valence-corrected chi connectivity index (χ1v) is 7.49. The number of hydrogen-bond donors (Lipinski definition) is 0. The summed E-state index contributed by atoms with van der Waals surface area (Å²) in [6, 6.07) is 3.84. The fraction of sp³-hybridized carbons (Fsp3) is 0.625. The molecule has 2 heterocycles. The molecule has 0 radical (unpaired) electrons. The summed E-state index contributed by atoms with van der Waals surface area (Å²) in [4.78, 5) is 18.4. The molecule has 2 rings (SSSR count). The van der Waals surface area contributed by atoms with E-state index in [1.807, 2.05) is 39.8 Å². The fourth-order valence-corrected chi connectivity index (χ4v) is 2.54. The summed E-state index contributed by atoms with van der Waals surface area (Å²) in [5.41, 5.74) is 0.477. The predicted molar refractivity (Wildman–Crippen MR) is 80.3 cm³/mol. The third kappa shape index (κ3) is 3.86. The fourth-order valence-electron chi connectivity index (χ4n) is 2.54. The molecule has 0 bridgehead atoms. The van der Waals surface area contributed by atoms with Crippen LogP contribution in [0.3, 0.4) is 0 Å². The number of nitrogens with zero attached hydrogens (tertiary/aromatic N) is 2. The summed E-state index contributed by atoms with van der Waals surface area (Å²) in [7, 11) is 0. The van der Waals surface area contributed by atoms with Crippen molar-refractivity contribution >= 4 is 6.09 Å². The van der Waals surface area contributed by atoms with E-state index in [0.29, 0.717) is 19.0 Å². The van der Waals surface area contributed by atoms with Crippen LogP contribution in [0.2, 0.25) is 0 Å². The monoisotopic (exact) mass is 292 g/mol. The molecule has 1 aliphatic rings. The Balaban J connectivity index is 2.21. The number of likely N-dealkylation sites (tertiary alicyclic amines) is 1. The lowest BCUT2D eigenvalue weighted by Crippen LogP contribution is -2.36. The van der Waals surface area contributed by atoms with Crippen LogP contribution < -0.4 is 4.74 Å². The van der Waals surface area contributed by atoms with Crippen molar-refractivity contribution in [2.24, 2.45) is 0 Å². The van der Waals surface area contributed by atoms with Crippen LogP contribution in [0.15, 0.2) is 18.3 Å². The van der Waals surface area contributed by atoms with Crippen LogP contribution >= 0.6 is 0 Å². The molecule has 0 N–H and O–H groups in total. The third-order valence-electron chi connectivity index (χ3n) is 3.32. The van der Waals surface area contributed by atoms with Gasteiger partial charge in [0.1, 0.15) is 5.60 Å². The van der Waals surface area contributed by atoms with E-state index in [2.05, 4.69) is 4.98 Å². The predicted octanol–water partition coefficient (Wildman–Crippen LogP) is 3.55. The second-order valence-electron chi connectivity index (χ2n) is 6.16. The number of hydrogen-bond acceptors (Lipinski definition) is 4. The van der Waals surface area contributed by atoms with Gasteiger partial charge in [-0.05, 0) is 46.6 Å². The van der Waals surface area contributed by atoms with Gasteiger partial charge in [-0.2, -0.15) is 0 Å². The average Bonchev–Trinajstić information content (AvgIpc) is 2.87. The summed E-state index contributed by atoms with van der Waals surface area (Å²) in [6.45, 7) is 8.84. The van der Waals surface area contributed by atoms with Crippen molar-refractivity contribution in [3.63, 3.8) is 0 Å². The van der Waals surface area contributed by atoms with E-state index in [1.165, 1.54) is 0 Å². The van der Waals surface area contributed by atoms with E-state index >= 15 is 0 Å². The summed E-state index contributed by atoms with van der Waals surface area (Å²) in [5, 5.41) is 0. The normalized spacial score (nSPS) is 18.7. The van der Waals surface area contributed by atoms with E-state index in [0.717, 1.165) is 18.4 Å². The number of rotatable bonds is 3. The SMILES string of the molecule is CCOc1ncccc1[C@@H]1CCCN1C(=O)OC(C)(C)C. The van der Waals surface area contributed by atoms with E-state index in [-0.39, 0.29) is 12.1 Å². The van der Waals surface area contributed by atoms with Crippen LogP contribution in [0.5, 0.6) is 5.88 Å². The Morgan fingerprint density at radius 2 is 2.24 bits per heavy atom.